The van der Waals surface area contributed by atoms with Gasteiger partial charge < -0.3 is 21.7 Å². The van der Waals surface area contributed by atoms with Crippen LogP contribution >= 0.6 is 0 Å². The van der Waals surface area contributed by atoms with E-state index in [0.717, 1.165) is 24.8 Å². The number of nitrogens with two attached hydrogens (primary N) is 1. The average Bonchev–Trinajstić information content (AvgIpc) is 2.43. The third-order valence-corrected chi connectivity index (χ3v) is 4.17. The molecule has 2 rings (SSSR count). The molecule has 1 aromatic rings. The van der Waals surface area contributed by atoms with E-state index in [0.29, 0.717) is 12.2 Å². The Morgan fingerprint density at radius 3 is 2.38 bits per heavy atom. The molecule has 0 bridgehead atoms. The lowest BCUT2D eigenvalue weighted by Crippen LogP contribution is -2.54. The zero-order chi connectivity index (χ0) is 17.7. The van der Waals surface area contributed by atoms with Gasteiger partial charge in [-0.15, -0.1) is 0 Å². The Hall–Kier alpha value is -2.57. The maximum absolute atomic E-state index is 12.4. The van der Waals surface area contributed by atoms with Crippen molar-refractivity contribution in [3.05, 3.63) is 29.8 Å². The van der Waals surface area contributed by atoms with Crippen LogP contribution in [0.25, 0.3) is 0 Å². The highest BCUT2D eigenvalue weighted by Crippen LogP contribution is 2.27. The molecule has 7 nitrogen and oxygen atoms in total. The molecule has 6 N–H and O–H groups in total. The lowest BCUT2D eigenvalue weighted by molar-refractivity contribution is -0.133. The zero-order valence-corrected chi connectivity index (χ0v) is 14.1. The van der Waals surface area contributed by atoms with Crippen molar-refractivity contribution in [2.24, 2.45) is 11.7 Å². The molecule has 0 aromatic heterocycles. The molecule has 7 heteroatoms. The van der Waals surface area contributed by atoms with Gasteiger partial charge in [0.05, 0.1) is 0 Å². The maximum atomic E-state index is 12.4. The Kier molecular flexibility index (Phi) is 5.43. The summed E-state index contributed by atoms with van der Waals surface area (Å²) < 4.78 is 0. The van der Waals surface area contributed by atoms with E-state index in [9.17, 15) is 9.59 Å². The zero-order valence-electron chi connectivity index (χ0n) is 14.1. The molecule has 0 unspecified atom stereocenters. The maximum Gasteiger partial charge on any atom is 0.249 e. The van der Waals surface area contributed by atoms with E-state index in [2.05, 4.69) is 16.0 Å². The summed E-state index contributed by atoms with van der Waals surface area (Å²) in [5, 5.41) is 15.5. The van der Waals surface area contributed by atoms with E-state index in [4.69, 9.17) is 11.1 Å². The Morgan fingerprint density at radius 2 is 1.88 bits per heavy atom. The molecule has 0 saturated heterocycles. The van der Waals surface area contributed by atoms with Crippen molar-refractivity contribution in [2.75, 3.05) is 5.32 Å². The van der Waals surface area contributed by atoms with Gasteiger partial charge in [-0.3, -0.25) is 15.0 Å². The van der Waals surface area contributed by atoms with Crippen LogP contribution in [0.5, 0.6) is 0 Å². The number of anilines is 1. The molecule has 1 fully saturated rings. The highest BCUT2D eigenvalue weighted by Gasteiger charge is 2.34. The van der Waals surface area contributed by atoms with Crippen LogP contribution in [-0.2, 0) is 16.1 Å². The van der Waals surface area contributed by atoms with E-state index >= 15 is 0 Å². The average molecular weight is 331 g/mol. The van der Waals surface area contributed by atoms with Gasteiger partial charge in [-0.05, 0) is 44.4 Å². The van der Waals surface area contributed by atoms with Crippen molar-refractivity contribution >= 4 is 23.5 Å². The second kappa shape index (κ2) is 7.33. The fourth-order valence-electron chi connectivity index (χ4n) is 2.33. The van der Waals surface area contributed by atoms with Crippen LogP contribution in [0.4, 0.5) is 5.69 Å². The highest BCUT2D eigenvalue weighted by atomic mass is 16.2. The first kappa shape index (κ1) is 17.8. The molecule has 0 spiro atoms. The molecule has 2 amide bonds. The normalized spacial score (nSPS) is 14.4. The van der Waals surface area contributed by atoms with Gasteiger partial charge in [0, 0.05) is 18.2 Å². The third kappa shape index (κ3) is 4.71. The summed E-state index contributed by atoms with van der Waals surface area (Å²) in [6, 6.07) is 7.23. The number of hydrogen-bond donors (Lipinski definition) is 5. The van der Waals surface area contributed by atoms with Gasteiger partial charge in [0.2, 0.25) is 11.8 Å². The van der Waals surface area contributed by atoms with Crippen molar-refractivity contribution in [2.45, 2.75) is 45.2 Å². The Morgan fingerprint density at radius 1 is 1.25 bits per heavy atom. The SMILES string of the molecule is CC(C)(NC(=O)C1CCC1)C(=O)Nc1ccc(CNC(=N)N)cc1. The Balaban J connectivity index is 1.90. The topological polar surface area (TPSA) is 120 Å². The Labute approximate surface area is 141 Å². The summed E-state index contributed by atoms with van der Waals surface area (Å²) in [6.07, 6.45) is 2.88. The largest absolute Gasteiger partial charge is 0.370 e. The van der Waals surface area contributed by atoms with Crippen LogP contribution < -0.4 is 21.7 Å². The van der Waals surface area contributed by atoms with E-state index < -0.39 is 5.54 Å². The van der Waals surface area contributed by atoms with Gasteiger partial charge in [-0.25, -0.2) is 0 Å². The molecule has 1 aliphatic rings. The smallest absolute Gasteiger partial charge is 0.249 e. The number of benzene rings is 1. The number of nitrogens with one attached hydrogen (secondary N) is 4. The quantitative estimate of drug-likeness (QED) is 0.398. The number of rotatable bonds is 6. The third-order valence-electron chi connectivity index (χ3n) is 4.17. The van der Waals surface area contributed by atoms with E-state index in [1.807, 2.05) is 12.1 Å². The monoisotopic (exact) mass is 331 g/mol. The molecule has 1 saturated carbocycles. The second-order valence-electron chi connectivity index (χ2n) is 6.66. The van der Waals surface area contributed by atoms with Crippen molar-refractivity contribution < 1.29 is 9.59 Å². The van der Waals surface area contributed by atoms with Crippen LogP contribution in [-0.4, -0.2) is 23.3 Å². The van der Waals surface area contributed by atoms with Gasteiger partial charge in [0.1, 0.15) is 5.54 Å². The minimum Gasteiger partial charge on any atom is -0.370 e. The lowest BCUT2D eigenvalue weighted by Gasteiger charge is -2.30. The highest BCUT2D eigenvalue weighted by molar-refractivity contribution is 6.00. The summed E-state index contributed by atoms with van der Waals surface area (Å²) in [6.45, 7) is 3.85. The van der Waals surface area contributed by atoms with Gasteiger partial charge in [-0.2, -0.15) is 0 Å². The van der Waals surface area contributed by atoms with Crippen LogP contribution in [0.2, 0.25) is 0 Å². The standard InChI is InChI=1S/C17H25N5O2/c1-17(2,22-14(23)12-4-3-5-12)15(24)21-13-8-6-11(7-9-13)10-20-16(18)19/h6-9,12H,3-5,10H2,1-2H3,(H,21,24)(H,22,23)(H4,18,19,20). The second-order valence-corrected chi connectivity index (χ2v) is 6.66. The van der Waals surface area contributed by atoms with Crippen LogP contribution in [0.3, 0.4) is 0 Å². The number of hydrogen-bond acceptors (Lipinski definition) is 3. The van der Waals surface area contributed by atoms with Crippen LogP contribution in [0.15, 0.2) is 24.3 Å². The molecular formula is C17H25N5O2. The van der Waals surface area contributed by atoms with E-state index in [-0.39, 0.29) is 23.7 Å². The number of carbonyl (C=O) groups excluding carboxylic acids is 2. The summed E-state index contributed by atoms with van der Waals surface area (Å²) in [7, 11) is 0. The minimum absolute atomic E-state index is 0.0464. The van der Waals surface area contributed by atoms with E-state index in [1.54, 1.807) is 26.0 Å². The number of carbonyl (C=O) groups is 2. The predicted molar refractivity (Wildman–Crippen MR) is 93.4 cm³/mol. The van der Waals surface area contributed by atoms with Crippen LogP contribution in [0, 0.1) is 11.3 Å². The lowest BCUT2D eigenvalue weighted by atomic mass is 9.84. The van der Waals surface area contributed by atoms with Gasteiger partial charge >= 0.3 is 0 Å². The molecule has 0 radical (unpaired) electrons. The van der Waals surface area contributed by atoms with E-state index in [1.165, 1.54) is 0 Å². The molecule has 0 atom stereocenters. The van der Waals surface area contributed by atoms with Crippen LogP contribution in [0.1, 0.15) is 38.7 Å². The van der Waals surface area contributed by atoms with Crippen molar-refractivity contribution in [3.63, 3.8) is 0 Å². The van der Waals surface area contributed by atoms with Gasteiger partial charge in [0.15, 0.2) is 5.96 Å². The summed E-state index contributed by atoms with van der Waals surface area (Å²) in [4.78, 5) is 24.5. The first-order valence-corrected chi connectivity index (χ1v) is 8.08. The Bertz CT molecular complexity index is 620. The summed E-state index contributed by atoms with van der Waals surface area (Å²) >= 11 is 0. The number of guanidine groups is 1. The van der Waals surface area contributed by atoms with Crippen molar-refractivity contribution in [3.8, 4) is 0 Å². The first-order chi connectivity index (χ1) is 11.3. The minimum atomic E-state index is -0.971. The predicted octanol–water partition coefficient (Wildman–Crippen LogP) is 1.30. The van der Waals surface area contributed by atoms with Crippen molar-refractivity contribution in [1.82, 2.24) is 10.6 Å². The first-order valence-electron chi connectivity index (χ1n) is 8.08. The van der Waals surface area contributed by atoms with Gasteiger partial charge in [0.25, 0.3) is 0 Å². The number of amides is 2. The fourth-order valence-corrected chi connectivity index (χ4v) is 2.33. The molecule has 0 heterocycles. The molecule has 0 aliphatic heterocycles. The van der Waals surface area contributed by atoms with Crippen molar-refractivity contribution in [1.29, 1.82) is 5.41 Å². The molecular weight excluding hydrogens is 306 g/mol. The molecule has 130 valence electrons. The summed E-state index contributed by atoms with van der Waals surface area (Å²) in [5.74, 6) is -0.349. The summed E-state index contributed by atoms with van der Waals surface area (Å²) in [5.41, 5.74) is 5.86. The molecule has 1 aromatic carbocycles. The molecule has 24 heavy (non-hydrogen) atoms. The molecule has 1 aliphatic carbocycles. The van der Waals surface area contributed by atoms with Gasteiger partial charge in [-0.1, -0.05) is 18.6 Å². The fraction of sp³-hybridized carbons (Fsp3) is 0.471.